The number of imidazole rings is 1. The molecule has 1 aliphatic heterocycles. The van der Waals surface area contributed by atoms with Crippen LogP contribution >= 0.6 is 0 Å². The fourth-order valence-electron chi connectivity index (χ4n) is 4.48. The molecule has 0 unspecified atom stereocenters. The van der Waals surface area contributed by atoms with Crippen LogP contribution in [0, 0.1) is 12.8 Å². The zero-order chi connectivity index (χ0) is 23.4. The molecule has 0 spiro atoms. The molecule has 1 saturated heterocycles. The van der Waals surface area contributed by atoms with Crippen LogP contribution in [0.25, 0.3) is 11.1 Å². The maximum Gasteiger partial charge on any atom is 0.289 e. The van der Waals surface area contributed by atoms with Crippen LogP contribution < -0.4 is 0 Å². The molecule has 1 fully saturated rings. The van der Waals surface area contributed by atoms with Crippen molar-refractivity contribution >= 4 is 11.8 Å². The minimum absolute atomic E-state index is 0.0614. The molecule has 1 aromatic heterocycles. The van der Waals surface area contributed by atoms with Crippen LogP contribution in [0.4, 0.5) is 0 Å². The Morgan fingerprint density at radius 1 is 1.18 bits per heavy atom. The lowest BCUT2D eigenvalue weighted by molar-refractivity contribution is -0.134. The van der Waals surface area contributed by atoms with Crippen molar-refractivity contribution in [2.75, 3.05) is 26.2 Å². The number of aryl methyl sites for hydroxylation is 2. The molecule has 170 valence electrons. The second-order valence-electron chi connectivity index (χ2n) is 8.60. The summed E-state index contributed by atoms with van der Waals surface area (Å²) in [5.74, 6) is -0.0237. The van der Waals surface area contributed by atoms with Crippen LogP contribution in [0.3, 0.4) is 0 Å². The number of rotatable bonds is 6. The number of nitrogens with zero attached hydrogens (tertiary/aromatic N) is 4. The summed E-state index contributed by atoms with van der Waals surface area (Å²) in [5.41, 5.74) is 4.62. The highest BCUT2D eigenvalue weighted by atomic mass is 16.2. The molecule has 2 amide bonds. The minimum Gasteiger partial charge on any atom is -0.337 e. The molecule has 0 saturated carbocycles. The Labute approximate surface area is 195 Å². The van der Waals surface area contributed by atoms with E-state index in [-0.39, 0.29) is 17.7 Å². The smallest absolute Gasteiger partial charge is 0.289 e. The van der Waals surface area contributed by atoms with Crippen molar-refractivity contribution in [3.63, 3.8) is 0 Å². The number of amides is 2. The van der Waals surface area contributed by atoms with Crippen molar-refractivity contribution in [3.8, 4) is 11.1 Å². The molecule has 0 bridgehead atoms. The molecule has 6 nitrogen and oxygen atoms in total. The summed E-state index contributed by atoms with van der Waals surface area (Å²) in [4.78, 5) is 34.3. The monoisotopic (exact) mass is 442 g/mol. The summed E-state index contributed by atoms with van der Waals surface area (Å²) in [6.07, 6.45) is 5.68. The van der Waals surface area contributed by atoms with Crippen molar-refractivity contribution in [2.24, 2.45) is 13.0 Å². The zero-order valence-corrected chi connectivity index (χ0v) is 19.3. The molecule has 0 aliphatic carbocycles. The van der Waals surface area contributed by atoms with Crippen molar-refractivity contribution in [2.45, 2.75) is 13.3 Å². The first-order valence-electron chi connectivity index (χ1n) is 11.3. The molecule has 0 N–H and O–H groups in total. The minimum atomic E-state index is -0.330. The highest BCUT2D eigenvalue weighted by molar-refractivity contribution is 5.91. The van der Waals surface area contributed by atoms with Crippen LogP contribution in [0.2, 0.25) is 0 Å². The molecule has 3 aromatic rings. The van der Waals surface area contributed by atoms with E-state index in [9.17, 15) is 9.59 Å². The van der Waals surface area contributed by atoms with Gasteiger partial charge in [-0.15, -0.1) is 6.58 Å². The number of aromatic nitrogens is 2. The van der Waals surface area contributed by atoms with Gasteiger partial charge in [0, 0.05) is 45.6 Å². The van der Waals surface area contributed by atoms with Crippen LogP contribution in [0.15, 0.2) is 73.6 Å². The van der Waals surface area contributed by atoms with Gasteiger partial charge in [0.1, 0.15) is 0 Å². The Bertz CT molecular complexity index is 1170. The van der Waals surface area contributed by atoms with Crippen LogP contribution in [0.5, 0.6) is 0 Å². The predicted octanol–water partition coefficient (Wildman–Crippen LogP) is 3.72. The summed E-state index contributed by atoms with van der Waals surface area (Å²) in [6, 6.07) is 16.6. The Hall–Kier alpha value is -3.67. The Balaban J connectivity index is 1.61. The zero-order valence-electron chi connectivity index (χ0n) is 19.3. The van der Waals surface area contributed by atoms with Gasteiger partial charge in [-0.2, -0.15) is 0 Å². The largest absolute Gasteiger partial charge is 0.337 e. The number of benzene rings is 2. The van der Waals surface area contributed by atoms with Crippen LogP contribution in [-0.2, 0) is 18.3 Å². The summed E-state index contributed by atoms with van der Waals surface area (Å²) in [5, 5.41) is 0. The quantitative estimate of drug-likeness (QED) is 0.547. The van der Waals surface area contributed by atoms with E-state index in [1.165, 1.54) is 11.1 Å². The number of hydrogen-bond donors (Lipinski definition) is 0. The molecule has 1 atom stereocenters. The van der Waals surface area contributed by atoms with Gasteiger partial charge in [0.15, 0.2) is 5.82 Å². The van der Waals surface area contributed by atoms with Gasteiger partial charge in [0.2, 0.25) is 5.91 Å². The average Bonchev–Trinajstić information content (AvgIpc) is 3.19. The van der Waals surface area contributed by atoms with Crippen molar-refractivity contribution < 1.29 is 9.59 Å². The number of carbonyl (C=O) groups is 2. The molecule has 2 heterocycles. The maximum absolute atomic E-state index is 13.4. The van der Waals surface area contributed by atoms with E-state index in [0.29, 0.717) is 38.4 Å². The van der Waals surface area contributed by atoms with E-state index >= 15 is 0 Å². The van der Waals surface area contributed by atoms with Crippen molar-refractivity contribution in [3.05, 3.63) is 90.5 Å². The van der Waals surface area contributed by atoms with Gasteiger partial charge >= 0.3 is 0 Å². The molecule has 4 rings (SSSR count). The first kappa shape index (κ1) is 22.5. The summed E-state index contributed by atoms with van der Waals surface area (Å²) >= 11 is 0. The van der Waals surface area contributed by atoms with Crippen molar-refractivity contribution in [1.82, 2.24) is 19.4 Å². The van der Waals surface area contributed by atoms with E-state index in [4.69, 9.17) is 0 Å². The van der Waals surface area contributed by atoms with Crippen LogP contribution in [-0.4, -0.2) is 57.3 Å². The van der Waals surface area contributed by atoms with E-state index in [2.05, 4.69) is 48.8 Å². The lowest BCUT2D eigenvalue weighted by Crippen LogP contribution is -2.38. The summed E-state index contributed by atoms with van der Waals surface area (Å²) in [6.45, 7) is 7.71. The Morgan fingerprint density at radius 2 is 2.00 bits per heavy atom. The first-order chi connectivity index (χ1) is 16.0. The van der Waals surface area contributed by atoms with Gasteiger partial charge in [0.05, 0.1) is 5.92 Å². The molecule has 33 heavy (non-hydrogen) atoms. The van der Waals surface area contributed by atoms with Gasteiger partial charge in [0.25, 0.3) is 5.91 Å². The molecule has 2 aromatic carbocycles. The predicted molar refractivity (Wildman–Crippen MR) is 130 cm³/mol. The lowest BCUT2D eigenvalue weighted by atomic mass is 9.93. The second-order valence-corrected chi connectivity index (χ2v) is 8.60. The molecule has 0 radical (unpaired) electrons. The van der Waals surface area contributed by atoms with Gasteiger partial charge in [-0.3, -0.25) is 9.59 Å². The molecular formula is C27H30N4O2. The fraction of sp³-hybridized carbons (Fsp3) is 0.296. The third kappa shape index (κ3) is 4.90. The van der Waals surface area contributed by atoms with E-state index in [1.54, 1.807) is 32.8 Å². The molecule has 1 aliphatic rings. The number of carbonyl (C=O) groups excluding carboxylic acids is 2. The maximum atomic E-state index is 13.4. The first-order valence-corrected chi connectivity index (χ1v) is 11.3. The highest BCUT2D eigenvalue weighted by Gasteiger charge is 2.33. The Kier molecular flexibility index (Phi) is 6.73. The second kappa shape index (κ2) is 9.86. The third-order valence-corrected chi connectivity index (χ3v) is 6.26. The summed E-state index contributed by atoms with van der Waals surface area (Å²) in [7, 11) is 1.81. The van der Waals surface area contributed by atoms with E-state index in [0.717, 1.165) is 11.1 Å². The van der Waals surface area contributed by atoms with E-state index in [1.807, 2.05) is 25.2 Å². The Morgan fingerprint density at radius 3 is 2.73 bits per heavy atom. The topological polar surface area (TPSA) is 58.4 Å². The van der Waals surface area contributed by atoms with Crippen LogP contribution in [0.1, 0.15) is 21.7 Å². The third-order valence-electron chi connectivity index (χ3n) is 6.26. The highest BCUT2D eigenvalue weighted by Crippen LogP contribution is 2.26. The van der Waals surface area contributed by atoms with Gasteiger partial charge in [-0.25, -0.2) is 4.98 Å². The van der Waals surface area contributed by atoms with Crippen molar-refractivity contribution in [1.29, 1.82) is 0 Å². The van der Waals surface area contributed by atoms with E-state index < -0.39 is 0 Å². The fourth-order valence-corrected chi connectivity index (χ4v) is 4.48. The van der Waals surface area contributed by atoms with Gasteiger partial charge < -0.3 is 14.4 Å². The normalized spacial score (nSPS) is 16.5. The summed E-state index contributed by atoms with van der Waals surface area (Å²) < 4.78 is 1.72. The lowest BCUT2D eigenvalue weighted by Gasteiger charge is -2.23. The molecular weight excluding hydrogens is 412 g/mol. The standard InChI is InChI=1S/C27H30N4O2/c1-4-13-30-15-16-31(27(33)25-28-12-14-29(25)3)19-23(26(30)32)18-21-9-7-10-22(17-21)24-11-6-5-8-20(24)2/h4-12,14,17,23H,1,13,15-16,18-19H2,2-3H3/t23-/m1/s1. The molecule has 6 heteroatoms. The average molecular weight is 443 g/mol. The van der Waals surface area contributed by atoms with Gasteiger partial charge in [-0.1, -0.05) is 54.6 Å². The SMILES string of the molecule is C=CCN1CCN(C(=O)c2nccn2C)C[C@@H](Cc2cccc(-c3ccccc3C)c2)C1=O. The number of hydrogen-bond acceptors (Lipinski definition) is 3. The van der Waals surface area contributed by atoms with Gasteiger partial charge in [-0.05, 0) is 35.6 Å².